The first-order valence-electron chi connectivity index (χ1n) is 10.1. The van der Waals surface area contributed by atoms with Crippen LogP contribution >= 0.6 is 0 Å². The van der Waals surface area contributed by atoms with Crippen molar-refractivity contribution in [3.05, 3.63) is 66.5 Å². The minimum Gasteiger partial charge on any atom is -0.363 e. The molecule has 0 N–H and O–H groups in total. The molecule has 2 aromatic carbocycles. The molecule has 29 heavy (non-hydrogen) atoms. The quantitative estimate of drug-likeness (QED) is 0.690. The minimum absolute atomic E-state index is 0.0431. The molecule has 148 valence electrons. The molecule has 3 aromatic rings. The first-order chi connectivity index (χ1) is 14.2. The van der Waals surface area contributed by atoms with E-state index >= 15 is 0 Å². The van der Waals surface area contributed by atoms with E-state index in [9.17, 15) is 4.79 Å². The van der Waals surface area contributed by atoms with E-state index in [0.717, 1.165) is 49.2 Å². The van der Waals surface area contributed by atoms with Crippen molar-refractivity contribution in [2.45, 2.75) is 25.0 Å². The van der Waals surface area contributed by atoms with Crippen molar-refractivity contribution in [2.24, 2.45) is 0 Å². The third kappa shape index (κ3) is 3.73. The molecule has 2 saturated heterocycles. The summed E-state index contributed by atoms with van der Waals surface area (Å²) in [5, 5.41) is 0. The summed E-state index contributed by atoms with van der Waals surface area (Å²) in [7, 11) is 0. The van der Waals surface area contributed by atoms with Gasteiger partial charge >= 0.3 is 0 Å². The van der Waals surface area contributed by atoms with Gasteiger partial charge in [0.1, 0.15) is 6.61 Å². The molecule has 1 amide bonds. The number of hydrogen-bond donors (Lipinski definition) is 0. The van der Waals surface area contributed by atoms with Crippen molar-refractivity contribution in [3.63, 3.8) is 0 Å². The molecule has 1 spiro atoms. The van der Waals surface area contributed by atoms with E-state index in [1.165, 1.54) is 5.56 Å². The number of morpholine rings is 1. The molecule has 6 nitrogen and oxygen atoms in total. The van der Waals surface area contributed by atoms with Crippen LogP contribution in [0.25, 0.3) is 11.0 Å². The van der Waals surface area contributed by atoms with Gasteiger partial charge in [-0.25, -0.2) is 0 Å². The highest BCUT2D eigenvalue weighted by Crippen LogP contribution is 2.33. The van der Waals surface area contributed by atoms with Crippen LogP contribution < -0.4 is 4.90 Å². The number of para-hydroxylation sites is 1. The van der Waals surface area contributed by atoms with Gasteiger partial charge in [0, 0.05) is 37.7 Å². The minimum atomic E-state index is -0.241. The first-order valence-corrected chi connectivity index (χ1v) is 10.1. The molecule has 2 aliphatic rings. The fourth-order valence-electron chi connectivity index (χ4n) is 4.34. The number of fused-ring (bicyclic) bond motifs is 1. The molecular weight excluding hydrogens is 364 g/mol. The highest BCUT2D eigenvalue weighted by Gasteiger charge is 2.42. The SMILES string of the molecule is O=C1COC2(CCN(Cc3ccc4nccnc4c3)CC2)CN1c1ccccc1. The number of piperidine rings is 1. The normalized spacial score (nSPS) is 19.7. The van der Waals surface area contributed by atoms with E-state index in [0.29, 0.717) is 6.54 Å². The summed E-state index contributed by atoms with van der Waals surface area (Å²) in [4.78, 5) is 25.5. The Labute approximate surface area is 170 Å². The number of benzene rings is 2. The highest BCUT2D eigenvalue weighted by atomic mass is 16.5. The number of carbonyl (C=O) groups excluding carboxylic acids is 1. The second-order valence-corrected chi connectivity index (χ2v) is 7.94. The van der Waals surface area contributed by atoms with Crippen molar-refractivity contribution in [1.29, 1.82) is 0 Å². The number of carbonyl (C=O) groups is 1. The van der Waals surface area contributed by atoms with E-state index < -0.39 is 0 Å². The van der Waals surface area contributed by atoms with Crippen LogP contribution in [-0.2, 0) is 16.1 Å². The number of hydrogen-bond acceptors (Lipinski definition) is 5. The summed E-state index contributed by atoms with van der Waals surface area (Å²) in [6, 6.07) is 16.2. The molecule has 5 rings (SSSR count). The molecule has 0 unspecified atom stereocenters. The zero-order valence-corrected chi connectivity index (χ0v) is 16.3. The molecule has 0 aliphatic carbocycles. The maximum absolute atomic E-state index is 12.4. The number of anilines is 1. The van der Waals surface area contributed by atoms with E-state index in [1.807, 2.05) is 41.3 Å². The third-order valence-electron chi connectivity index (χ3n) is 6.02. The highest BCUT2D eigenvalue weighted by molar-refractivity contribution is 5.95. The predicted molar refractivity (Wildman–Crippen MR) is 112 cm³/mol. The second-order valence-electron chi connectivity index (χ2n) is 7.94. The fourth-order valence-corrected chi connectivity index (χ4v) is 4.34. The van der Waals surface area contributed by atoms with Gasteiger partial charge in [-0.05, 0) is 42.7 Å². The van der Waals surface area contributed by atoms with Crippen LogP contribution in [0, 0.1) is 0 Å². The summed E-state index contributed by atoms with van der Waals surface area (Å²) in [5.41, 5.74) is 3.83. The molecule has 2 fully saturated rings. The van der Waals surface area contributed by atoms with Crippen LogP contribution in [-0.4, -0.2) is 52.6 Å². The largest absolute Gasteiger partial charge is 0.363 e. The fraction of sp³-hybridized carbons (Fsp3) is 0.348. The molecule has 0 radical (unpaired) electrons. The van der Waals surface area contributed by atoms with Crippen LogP contribution in [0.5, 0.6) is 0 Å². The van der Waals surface area contributed by atoms with Gasteiger partial charge in [0.15, 0.2) is 0 Å². The van der Waals surface area contributed by atoms with Crippen molar-refractivity contribution < 1.29 is 9.53 Å². The van der Waals surface area contributed by atoms with Gasteiger partial charge in [-0.15, -0.1) is 0 Å². The zero-order valence-electron chi connectivity index (χ0n) is 16.3. The van der Waals surface area contributed by atoms with Gasteiger partial charge in [0.2, 0.25) is 0 Å². The van der Waals surface area contributed by atoms with Gasteiger partial charge in [-0.3, -0.25) is 19.7 Å². The Morgan fingerprint density at radius 1 is 0.966 bits per heavy atom. The summed E-state index contributed by atoms with van der Waals surface area (Å²) >= 11 is 0. The number of ether oxygens (including phenoxy) is 1. The topological polar surface area (TPSA) is 58.6 Å². The Kier molecular flexibility index (Phi) is 4.73. The lowest BCUT2D eigenvalue weighted by molar-refractivity contribution is -0.144. The Hall–Kier alpha value is -2.83. The molecule has 3 heterocycles. The number of aromatic nitrogens is 2. The Balaban J connectivity index is 1.25. The van der Waals surface area contributed by atoms with Gasteiger partial charge in [0.25, 0.3) is 5.91 Å². The van der Waals surface area contributed by atoms with E-state index in [1.54, 1.807) is 12.4 Å². The summed E-state index contributed by atoms with van der Waals surface area (Å²) in [6.07, 6.45) is 5.31. The second kappa shape index (κ2) is 7.54. The van der Waals surface area contributed by atoms with Crippen molar-refractivity contribution >= 4 is 22.6 Å². The van der Waals surface area contributed by atoms with Crippen molar-refractivity contribution in [3.8, 4) is 0 Å². The number of likely N-dealkylation sites (tertiary alicyclic amines) is 1. The standard InChI is InChI=1S/C23H24N4O2/c28-22-16-29-23(17-27(22)19-4-2-1-3-5-19)8-12-26(13-9-23)15-18-6-7-20-21(14-18)25-11-10-24-20/h1-7,10-11,14H,8-9,12-13,15-17H2. The predicted octanol–water partition coefficient (Wildman–Crippen LogP) is 3.03. The number of rotatable bonds is 3. The summed E-state index contributed by atoms with van der Waals surface area (Å²) in [6.45, 7) is 3.60. The maximum Gasteiger partial charge on any atom is 0.253 e. The van der Waals surface area contributed by atoms with Crippen LogP contribution in [0.4, 0.5) is 5.69 Å². The van der Waals surface area contributed by atoms with Gasteiger partial charge < -0.3 is 9.64 Å². The molecule has 1 aromatic heterocycles. The Morgan fingerprint density at radius 2 is 1.72 bits per heavy atom. The van der Waals surface area contributed by atoms with Crippen LogP contribution in [0.1, 0.15) is 18.4 Å². The molecule has 0 bridgehead atoms. The lowest BCUT2D eigenvalue weighted by Gasteiger charge is -2.47. The molecular formula is C23H24N4O2. The third-order valence-corrected chi connectivity index (χ3v) is 6.02. The lowest BCUT2D eigenvalue weighted by atomic mass is 9.88. The first kappa shape index (κ1) is 18.2. The smallest absolute Gasteiger partial charge is 0.253 e. The van der Waals surface area contributed by atoms with Crippen LogP contribution in [0.3, 0.4) is 0 Å². The Morgan fingerprint density at radius 3 is 2.52 bits per heavy atom. The van der Waals surface area contributed by atoms with Crippen LogP contribution in [0.2, 0.25) is 0 Å². The summed E-state index contributed by atoms with van der Waals surface area (Å²) < 4.78 is 6.09. The van der Waals surface area contributed by atoms with Crippen LogP contribution in [0.15, 0.2) is 60.9 Å². The number of amides is 1. The molecule has 0 atom stereocenters. The van der Waals surface area contributed by atoms with Crippen molar-refractivity contribution in [2.75, 3.05) is 31.1 Å². The summed E-state index contributed by atoms with van der Waals surface area (Å²) in [5.74, 6) is 0.0431. The Bertz CT molecular complexity index is 1020. The average molecular weight is 388 g/mol. The molecule has 0 saturated carbocycles. The monoisotopic (exact) mass is 388 g/mol. The maximum atomic E-state index is 12.4. The molecule has 6 heteroatoms. The van der Waals surface area contributed by atoms with Crippen molar-refractivity contribution in [1.82, 2.24) is 14.9 Å². The zero-order chi connectivity index (χ0) is 19.7. The number of nitrogens with zero attached hydrogens (tertiary/aromatic N) is 4. The van der Waals surface area contributed by atoms with E-state index in [-0.39, 0.29) is 18.1 Å². The van der Waals surface area contributed by atoms with E-state index in [2.05, 4.69) is 27.0 Å². The van der Waals surface area contributed by atoms with Gasteiger partial charge in [-0.1, -0.05) is 24.3 Å². The van der Waals surface area contributed by atoms with Gasteiger partial charge in [0.05, 0.1) is 23.2 Å². The van der Waals surface area contributed by atoms with E-state index in [4.69, 9.17) is 4.74 Å². The van der Waals surface area contributed by atoms with Gasteiger partial charge in [-0.2, -0.15) is 0 Å². The average Bonchev–Trinajstić information content (AvgIpc) is 2.78. The molecule has 2 aliphatic heterocycles. The lowest BCUT2D eigenvalue weighted by Crippen LogP contribution is -2.58.